The number of hydrogen-bond donors (Lipinski definition) is 1. The van der Waals surface area contributed by atoms with Gasteiger partial charge in [-0.2, -0.15) is 4.68 Å². The van der Waals surface area contributed by atoms with Crippen LogP contribution in [0.3, 0.4) is 0 Å². The van der Waals surface area contributed by atoms with Crippen molar-refractivity contribution >= 4 is 17.7 Å². The molecule has 3 aromatic rings. The second-order valence-corrected chi connectivity index (χ2v) is 7.91. The Hall–Kier alpha value is -2.87. The number of benzene rings is 2. The van der Waals surface area contributed by atoms with Crippen LogP contribution in [-0.2, 0) is 4.79 Å². The molecule has 0 aliphatic heterocycles. The largest absolute Gasteiger partial charge is 0.494 e. The molecule has 0 fully saturated rings. The lowest BCUT2D eigenvalue weighted by Crippen LogP contribution is -2.28. The van der Waals surface area contributed by atoms with Gasteiger partial charge in [-0.05, 0) is 72.5 Å². The number of aryl methyl sites for hydroxylation is 3. The van der Waals surface area contributed by atoms with Crippen molar-refractivity contribution in [2.75, 3.05) is 12.9 Å². The van der Waals surface area contributed by atoms with Crippen LogP contribution in [0.25, 0.3) is 5.69 Å². The molecule has 7 nitrogen and oxygen atoms in total. The van der Waals surface area contributed by atoms with Gasteiger partial charge in [-0.25, -0.2) is 0 Å². The lowest BCUT2D eigenvalue weighted by Gasteiger charge is -2.15. The van der Waals surface area contributed by atoms with Gasteiger partial charge in [-0.1, -0.05) is 36.0 Å². The quantitative estimate of drug-likeness (QED) is 0.599. The Bertz CT molecular complexity index is 1020. The first-order chi connectivity index (χ1) is 13.9. The molecule has 8 heteroatoms. The highest BCUT2D eigenvalue weighted by Crippen LogP contribution is 2.27. The van der Waals surface area contributed by atoms with Crippen LogP contribution in [0.1, 0.15) is 35.2 Å². The molecule has 1 heterocycles. The smallest absolute Gasteiger partial charge is 0.230 e. The third-order valence-electron chi connectivity index (χ3n) is 4.74. The molecule has 0 saturated heterocycles. The maximum atomic E-state index is 12.5. The average molecular weight is 412 g/mol. The zero-order valence-corrected chi connectivity index (χ0v) is 18.1. The summed E-state index contributed by atoms with van der Waals surface area (Å²) in [5.41, 5.74) is 5.34. The van der Waals surface area contributed by atoms with Gasteiger partial charge in [0.05, 0.1) is 18.9 Å². The fraction of sp³-hybridized carbons (Fsp3) is 0.333. The molecule has 1 aromatic heterocycles. The third kappa shape index (κ3) is 4.95. The number of carbonyl (C=O) groups is 1. The summed E-state index contributed by atoms with van der Waals surface area (Å²) in [4.78, 5) is 12.5. The zero-order chi connectivity index (χ0) is 21.0. The Morgan fingerprint density at radius 3 is 2.69 bits per heavy atom. The minimum Gasteiger partial charge on any atom is -0.494 e. The normalized spacial score (nSPS) is 11.9. The van der Waals surface area contributed by atoms with Gasteiger partial charge in [-0.3, -0.25) is 4.79 Å². The SMILES string of the molecule is COc1ccc(C)cc1-n1nnnc1SCC(=O)NC(C)c1ccc(C)c(C)c1. The molecule has 1 amide bonds. The molecule has 0 radical (unpaired) electrons. The number of nitrogens with one attached hydrogen (secondary N) is 1. The van der Waals surface area contributed by atoms with Gasteiger partial charge in [0.2, 0.25) is 11.1 Å². The Kier molecular flexibility index (Phi) is 6.53. The van der Waals surface area contributed by atoms with Crippen molar-refractivity contribution in [3.05, 3.63) is 58.7 Å². The minimum absolute atomic E-state index is 0.0738. The lowest BCUT2D eigenvalue weighted by atomic mass is 10.0. The lowest BCUT2D eigenvalue weighted by molar-refractivity contribution is -0.119. The molecule has 152 valence electrons. The second kappa shape index (κ2) is 9.09. The molecule has 2 aromatic carbocycles. The third-order valence-corrected chi connectivity index (χ3v) is 5.66. The van der Waals surface area contributed by atoms with Crippen LogP contribution in [0.5, 0.6) is 5.75 Å². The number of aromatic nitrogens is 4. The number of tetrazole rings is 1. The second-order valence-electron chi connectivity index (χ2n) is 6.97. The van der Waals surface area contributed by atoms with Crippen LogP contribution in [0.4, 0.5) is 0 Å². The van der Waals surface area contributed by atoms with Gasteiger partial charge in [0, 0.05) is 0 Å². The summed E-state index contributed by atoms with van der Waals surface area (Å²) >= 11 is 1.28. The summed E-state index contributed by atoms with van der Waals surface area (Å²) in [7, 11) is 1.60. The standard InChI is InChI=1S/C21H25N5O2S/c1-13-6-9-19(28-5)18(10-13)26-21(23-24-25-26)29-12-20(27)22-16(4)17-8-7-14(2)15(3)11-17/h6-11,16H,12H2,1-5H3,(H,22,27). The maximum absolute atomic E-state index is 12.5. The predicted molar refractivity (Wildman–Crippen MR) is 114 cm³/mol. The highest BCUT2D eigenvalue weighted by molar-refractivity contribution is 7.99. The van der Waals surface area contributed by atoms with E-state index in [1.807, 2.05) is 38.1 Å². The van der Waals surface area contributed by atoms with Crippen molar-refractivity contribution in [3.63, 3.8) is 0 Å². The summed E-state index contributed by atoms with van der Waals surface area (Å²) < 4.78 is 7.01. The van der Waals surface area contributed by atoms with Gasteiger partial charge in [-0.15, -0.1) is 5.10 Å². The summed E-state index contributed by atoms with van der Waals surface area (Å²) in [5, 5.41) is 15.4. The first-order valence-electron chi connectivity index (χ1n) is 9.31. The van der Waals surface area contributed by atoms with Crippen LogP contribution in [0.2, 0.25) is 0 Å². The number of nitrogens with zero attached hydrogens (tertiary/aromatic N) is 4. The van der Waals surface area contributed by atoms with Crippen LogP contribution in [0, 0.1) is 20.8 Å². The van der Waals surface area contributed by atoms with Crippen molar-refractivity contribution < 1.29 is 9.53 Å². The van der Waals surface area contributed by atoms with Crippen molar-refractivity contribution in [2.24, 2.45) is 0 Å². The minimum atomic E-state index is -0.0773. The Labute approximate surface area is 174 Å². The van der Waals surface area contributed by atoms with Crippen LogP contribution < -0.4 is 10.1 Å². The van der Waals surface area contributed by atoms with Crippen LogP contribution >= 0.6 is 11.8 Å². The Morgan fingerprint density at radius 2 is 1.97 bits per heavy atom. The summed E-state index contributed by atoms with van der Waals surface area (Å²) in [6, 6.07) is 11.9. The molecule has 3 rings (SSSR count). The molecule has 1 unspecified atom stereocenters. The number of ether oxygens (including phenoxy) is 1. The van der Waals surface area contributed by atoms with Crippen molar-refractivity contribution in [1.29, 1.82) is 0 Å². The maximum Gasteiger partial charge on any atom is 0.230 e. The topological polar surface area (TPSA) is 81.9 Å². The van der Waals surface area contributed by atoms with Crippen molar-refractivity contribution in [3.8, 4) is 11.4 Å². The van der Waals surface area contributed by atoms with E-state index >= 15 is 0 Å². The molecule has 1 N–H and O–H groups in total. The molecule has 0 bridgehead atoms. The van der Waals surface area contributed by atoms with E-state index in [-0.39, 0.29) is 17.7 Å². The summed E-state index contributed by atoms with van der Waals surface area (Å²) in [6.07, 6.45) is 0. The molecule has 0 saturated carbocycles. The monoisotopic (exact) mass is 411 g/mol. The number of carbonyl (C=O) groups excluding carboxylic acids is 1. The molecule has 0 aliphatic rings. The summed E-state index contributed by atoms with van der Waals surface area (Å²) in [5.74, 6) is 0.799. The van der Waals surface area contributed by atoms with Crippen LogP contribution in [-0.4, -0.2) is 39.0 Å². The van der Waals surface area contributed by atoms with Gasteiger partial charge in [0.25, 0.3) is 0 Å². The molecular weight excluding hydrogens is 386 g/mol. The number of rotatable bonds is 7. The molecule has 1 atom stereocenters. The van der Waals surface area contributed by atoms with Gasteiger partial charge >= 0.3 is 0 Å². The first kappa shape index (κ1) is 20.9. The van der Waals surface area contributed by atoms with E-state index in [0.717, 1.165) is 16.8 Å². The molecule has 0 spiro atoms. The van der Waals surface area contributed by atoms with E-state index in [1.165, 1.54) is 22.9 Å². The molecule has 0 aliphatic carbocycles. The van der Waals surface area contributed by atoms with Gasteiger partial charge in [0.15, 0.2) is 0 Å². The van der Waals surface area contributed by atoms with Crippen LogP contribution in [0.15, 0.2) is 41.6 Å². The van der Waals surface area contributed by atoms with E-state index in [9.17, 15) is 4.79 Å². The first-order valence-corrected chi connectivity index (χ1v) is 10.3. The Balaban J connectivity index is 1.67. The highest BCUT2D eigenvalue weighted by Gasteiger charge is 2.16. The number of thioether (sulfide) groups is 1. The number of amides is 1. The average Bonchev–Trinajstić information content (AvgIpc) is 3.16. The van der Waals surface area contributed by atoms with Gasteiger partial charge < -0.3 is 10.1 Å². The van der Waals surface area contributed by atoms with Crippen molar-refractivity contribution in [2.45, 2.75) is 38.9 Å². The van der Waals surface area contributed by atoms with E-state index in [0.29, 0.717) is 10.9 Å². The fourth-order valence-corrected chi connectivity index (χ4v) is 3.61. The van der Waals surface area contributed by atoms with E-state index in [4.69, 9.17) is 4.74 Å². The van der Waals surface area contributed by atoms with E-state index < -0.39 is 0 Å². The molecule has 29 heavy (non-hydrogen) atoms. The Morgan fingerprint density at radius 1 is 1.17 bits per heavy atom. The highest BCUT2D eigenvalue weighted by atomic mass is 32.2. The van der Waals surface area contributed by atoms with Gasteiger partial charge in [0.1, 0.15) is 11.4 Å². The van der Waals surface area contributed by atoms with E-state index in [2.05, 4.69) is 46.8 Å². The zero-order valence-electron chi connectivity index (χ0n) is 17.3. The van der Waals surface area contributed by atoms with E-state index in [1.54, 1.807) is 11.8 Å². The number of hydrogen-bond acceptors (Lipinski definition) is 6. The van der Waals surface area contributed by atoms with Crippen molar-refractivity contribution in [1.82, 2.24) is 25.5 Å². The number of methoxy groups -OCH3 is 1. The fourth-order valence-electron chi connectivity index (χ4n) is 2.92. The predicted octanol–water partition coefficient (Wildman–Crippen LogP) is 3.57. The molecular formula is C21H25N5O2S. The summed E-state index contributed by atoms with van der Waals surface area (Å²) in [6.45, 7) is 8.12.